The van der Waals surface area contributed by atoms with Crippen LogP contribution >= 0.6 is 11.8 Å². The molecule has 3 amide bonds. The van der Waals surface area contributed by atoms with Crippen molar-refractivity contribution in [3.63, 3.8) is 0 Å². The smallest absolute Gasteiger partial charge is 0.272 e. The molecule has 7 nitrogen and oxygen atoms in total. The number of para-hydroxylation sites is 1. The number of ether oxygens (including phenoxy) is 1. The molecule has 1 atom stereocenters. The van der Waals surface area contributed by atoms with Gasteiger partial charge >= 0.3 is 0 Å². The van der Waals surface area contributed by atoms with E-state index in [4.69, 9.17) is 4.74 Å². The maximum absolute atomic E-state index is 13.9. The molecular weight excluding hydrogens is 541 g/mol. The quantitative estimate of drug-likeness (QED) is 0.153. The minimum atomic E-state index is -0.547. The maximum Gasteiger partial charge on any atom is 0.272 e. The molecule has 3 N–H and O–H groups in total. The second-order valence-electron chi connectivity index (χ2n) is 8.87. The van der Waals surface area contributed by atoms with E-state index < -0.39 is 22.9 Å². The Kier molecular flexibility index (Phi) is 9.90. The van der Waals surface area contributed by atoms with Crippen LogP contribution in [0.25, 0.3) is 6.08 Å². The van der Waals surface area contributed by atoms with Crippen LogP contribution in [0.2, 0.25) is 0 Å². The zero-order chi connectivity index (χ0) is 29.2. The predicted octanol–water partition coefficient (Wildman–Crippen LogP) is 6.36. The van der Waals surface area contributed by atoms with Gasteiger partial charge in [0.2, 0.25) is 5.91 Å². The summed E-state index contributed by atoms with van der Waals surface area (Å²) >= 11 is 1.26. The average molecular weight is 570 g/mol. The van der Waals surface area contributed by atoms with Crippen molar-refractivity contribution in [2.45, 2.75) is 17.1 Å². The molecule has 4 aromatic carbocycles. The molecular formula is C32H28FN3O4S. The molecule has 9 heteroatoms. The van der Waals surface area contributed by atoms with Crippen molar-refractivity contribution < 1.29 is 23.5 Å². The lowest BCUT2D eigenvalue weighted by molar-refractivity contribution is -0.115. The van der Waals surface area contributed by atoms with E-state index in [1.165, 1.54) is 23.9 Å². The van der Waals surface area contributed by atoms with Crippen LogP contribution in [-0.2, 0) is 9.59 Å². The number of rotatable bonds is 10. The van der Waals surface area contributed by atoms with E-state index >= 15 is 0 Å². The van der Waals surface area contributed by atoms with Crippen molar-refractivity contribution >= 4 is 46.9 Å². The molecule has 0 aliphatic carbocycles. The summed E-state index contributed by atoms with van der Waals surface area (Å²) in [5.41, 5.74) is 1.66. The Labute approximate surface area is 241 Å². The van der Waals surface area contributed by atoms with Gasteiger partial charge in [0.05, 0.1) is 18.0 Å². The first-order chi connectivity index (χ1) is 19.8. The summed E-state index contributed by atoms with van der Waals surface area (Å²) in [6.45, 7) is 1.71. The van der Waals surface area contributed by atoms with Crippen LogP contribution in [0.4, 0.5) is 15.8 Å². The van der Waals surface area contributed by atoms with Gasteiger partial charge in [-0.25, -0.2) is 4.39 Å². The molecule has 41 heavy (non-hydrogen) atoms. The molecule has 4 aromatic rings. The number of benzene rings is 4. The van der Waals surface area contributed by atoms with Gasteiger partial charge in [-0.15, -0.1) is 11.8 Å². The summed E-state index contributed by atoms with van der Waals surface area (Å²) in [4.78, 5) is 39.6. The second-order valence-corrected chi connectivity index (χ2v) is 10.3. The Hall–Kier alpha value is -4.89. The summed E-state index contributed by atoms with van der Waals surface area (Å²) in [7, 11) is 1.54. The molecule has 1 unspecified atom stereocenters. The first-order valence-electron chi connectivity index (χ1n) is 12.7. The second kappa shape index (κ2) is 14.0. The normalized spacial score (nSPS) is 11.7. The summed E-state index contributed by atoms with van der Waals surface area (Å²) < 4.78 is 19.2. The first-order valence-corrected chi connectivity index (χ1v) is 13.6. The van der Waals surface area contributed by atoms with E-state index in [0.717, 1.165) is 0 Å². The molecule has 0 fully saturated rings. The lowest BCUT2D eigenvalue weighted by Crippen LogP contribution is -2.30. The Bertz CT molecular complexity index is 1580. The van der Waals surface area contributed by atoms with Crippen molar-refractivity contribution in [3.05, 3.63) is 126 Å². The van der Waals surface area contributed by atoms with Crippen molar-refractivity contribution in [3.8, 4) is 5.75 Å². The summed E-state index contributed by atoms with van der Waals surface area (Å²) in [6.07, 6.45) is 1.56. The van der Waals surface area contributed by atoms with Crippen LogP contribution in [0.3, 0.4) is 0 Å². The van der Waals surface area contributed by atoms with E-state index in [0.29, 0.717) is 27.5 Å². The Morgan fingerprint density at radius 2 is 1.59 bits per heavy atom. The van der Waals surface area contributed by atoms with Crippen molar-refractivity contribution in [2.75, 3.05) is 17.7 Å². The van der Waals surface area contributed by atoms with Gasteiger partial charge in [-0.3, -0.25) is 14.4 Å². The number of thioether (sulfide) groups is 1. The molecule has 0 radical (unpaired) electrons. The number of carbonyl (C=O) groups is 3. The predicted molar refractivity (Wildman–Crippen MR) is 160 cm³/mol. The zero-order valence-electron chi connectivity index (χ0n) is 22.4. The first kappa shape index (κ1) is 29.1. The van der Waals surface area contributed by atoms with Crippen LogP contribution in [0.1, 0.15) is 22.8 Å². The molecule has 0 aliphatic heterocycles. The highest BCUT2D eigenvalue weighted by molar-refractivity contribution is 8.00. The SMILES string of the molecule is COc1cccc(/C=C(\NC(=O)c2ccccc2)C(=O)Nc2cccc(SC(C)C(=O)Nc3ccccc3F)c2)c1. The number of anilines is 2. The number of carbonyl (C=O) groups excluding carboxylic acids is 3. The van der Waals surface area contributed by atoms with E-state index in [2.05, 4.69) is 16.0 Å². The molecule has 0 heterocycles. The topological polar surface area (TPSA) is 96.5 Å². The number of nitrogens with one attached hydrogen (secondary N) is 3. The fraction of sp³-hybridized carbons (Fsp3) is 0.0938. The summed E-state index contributed by atoms with van der Waals surface area (Å²) in [5, 5.41) is 7.58. The third-order valence-corrected chi connectivity index (χ3v) is 6.93. The fourth-order valence-electron chi connectivity index (χ4n) is 3.74. The average Bonchev–Trinajstić information content (AvgIpc) is 2.98. The van der Waals surface area contributed by atoms with Gasteiger partial charge in [0.15, 0.2) is 0 Å². The van der Waals surface area contributed by atoms with Gasteiger partial charge in [-0.2, -0.15) is 0 Å². The maximum atomic E-state index is 13.9. The number of hydrogen-bond acceptors (Lipinski definition) is 5. The molecule has 0 aromatic heterocycles. The van der Waals surface area contributed by atoms with E-state index in [1.807, 2.05) is 0 Å². The molecule has 0 saturated carbocycles. The van der Waals surface area contributed by atoms with E-state index in [-0.39, 0.29) is 17.3 Å². The lowest BCUT2D eigenvalue weighted by atomic mass is 10.1. The zero-order valence-corrected chi connectivity index (χ0v) is 23.2. The van der Waals surface area contributed by atoms with Gasteiger partial charge in [0.1, 0.15) is 17.3 Å². The Morgan fingerprint density at radius 3 is 2.34 bits per heavy atom. The van der Waals surface area contributed by atoms with E-state index in [1.54, 1.807) is 111 Å². The fourth-order valence-corrected chi connectivity index (χ4v) is 4.67. The van der Waals surface area contributed by atoms with Crippen LogP contribution in [0, 0.1) is 5.82 Å². The van der Waals surface area contributed by atoms with Crippen LogP contribution in [0.5, 0.6) is 5.75 Å². The van der Waals surface area contributed by atoms with Gasteiger partial charge in [0.25, 0.3) is 11.8 Å². The highest BCUT2D eigenvalue weighted by Gasteiger charge is 2.18. The monoisotopic (exact) mass is 569 g/mol. The third kappa shape index (κ3) is 8.30. The molecule has 0 bridgehead atoms. The number of hydrogen-bond donors (Lipinski definition) is 3. The van der Waals surface area contributed by atoms with Gasteiger partial charge in [-0.05, 0) is 73.2 Å². The van der Waals surface area contributed by atoms with Crippen molar-refractivity contribution in [1.29, 1.82) is 0 Å². The molecule has 208 valence electrons. The standard InChI is InChI=1S/C32H28FN3O4S/c1-21(30(37)35-28-17-7-6-16-27(28)33)41-26-15-9-13-24(20-26)34-32(39)29(19-22-10-8-14-25(18-22)40-2)36-31(38)23-11-4-3-5-12-23/h3-21H,1-2H3,(H,34,39)(H,35,37)(H,36,38)/b29-19-. The number of halogens is 1. The minimum Gasteiger partial charge on any atom is -0.497 e. The van der Waals surface area contributed by atoms with Crippen LogP contribution in [0.15, 0.2) is 114 Å². The van der Waals surface area contributed by atoms with Gasteiger partial charge in [-0.1, -0.05) is 48.5 Å². The molecule has 0 saturated heterocycles. The van der Waals surface area contributed by atoms with Crippen LogP contribution < -0.4 is 20.7 Å². The highest BCUT2D eigenvalue weighted by Crippen LogP contribution is 2.27. The van der Waals surface area contributed by atoms with Crippen molar-refractivity contribution in [1.82, 2.24) is 5.32 Å². The molecule has 0 spiro atoms. The minimum absolute atomic E-state index is 0.0304. The van der Waals surface area contributed by atoms with Crippen molar-refractivity contribution in [2.24, 2.45) is 0 Å². The van der Waals surface area contributed by atoms with Crippen LogP contribution in [-0.4, -0.2) is 30.1 Å². The lowest BCUT2D eigenvalue weighted by Gasteiger charge is -2.14. The molecule has 0 aliphatic rings. The Morgan fingerprint density at radius 1 is 0.854 bits per heavy atom. The number of methoxy groups -OCH3 is 1. The van der Waals surface area contributed by atoms with E-state index in [9.17, 15) is 18.8 Å². The highest BCUT2D eigenvalue weighted by atomic mass is 32.2. The Balaban J connectivity index is 1.50. The number of amides is 3. The molecule has 4 rings (SSSR count). The van der Waals surface area contributed by atoms with Gasteiger partial charge in [0, 0.05) is 16.1 Å². The third-order valence-electron chi connectivity index (χ3n) is 5.84. The summed E-state index contributed by atoms with van der Waals surface area (Å²) in [6, 6.07) is 28.6. The van der Waals surface area contributed by atoms with Gasteiger partial charge < -0.3 is 20.7 Å². The summed E-state index contributed by atoms with van der Waals surface area (Å²) in [5.74, 6) is -1.24. The largest absolute Gasteiger partial charge is 0.497 e.